The first-order chi connectivity index (χ1) is 11.3. The van der Waals surface area contributed by atoms with Crippen molar-refractivity contribution < 1.29 is 14.7 Å². The Morgan fingerprint density at radius 2 is 2.17 bits per heavy atom. The normalized spacial score (nSPS) is 19.7. The largest absolute Gasteiger partial charge is 0.507 e. The Balaban J connectivity index is 2.02. The third kappa shape index (κ3) is 4.19. The first-order valence-corrected chi connectivity index (χ1v) is 8.49. The molecule has 4 N–H and O–H groups in total. The second-order valence-corrected chi connectivity index (χ2v) is 6.71. The Kier molecular flexibility index (Phi) is 6.07. The summed E-state index contributed by atoms with van der Waals surface area (Å²) in [7, 11) is 0. The third-order valence-electron chi connectivity index (χ3n) is 4.55. The van der Waals surface area contributed by atoms with Crippen LogP contribution in [0.25, 0.3) is 0 Å². The molecule has 1 unspecified atom stereocenters. The summed E-state index contributed by atoms with van der Waals surface area (Å²) in [5.74, 6) is -0.474. The van der Waals surface area contributed by atoms with E-state index in [2.05, 4.69) is 5.32 Å². The van der Waals surface area contributed by atoms with Crippen LogP contribution in [-0.4, -0.2) is 40.4 Å². The molecule has 2 atom stereocenters. The average Bonchev–Trinajstić information content (AvgIpc) is 2.55. The van der Waals surface area contributed by atoms with Crippen molar-refractivity contribution in [2.75, 3.05) is 6.54 Å². The van der Waals surface area contributed by atoms with E-state index in [-0.39, 0.29) is 18.2 Å². The summed E-state index contributed by atoms with van der Waals surface area (Å²) in [6, 6.07) is 2.42. The van der Waals surface area contributed by atoms with Gasteiger partial charge in [0.2, 0.25) is 11.8 Å². The number of aryl methyl sites for hydroxylation is 1. The average molecular weight is 354 g/mol. The molecule has 1 aromatic carbocycles. The van der Waals surface area contributed by atoms with Gasteiger partial charge in [-0.25, -0.2) is 0 Å². The highest BCUT2D eigenvalue weighted by molar-refractivity contribution is 6.30. The number of rotatable bonds is 5. The minimum atomic E-state index is -0.467. The molecule has 1 heterocycles. The van der Waals surface area contributed by atoms with Crippen molar-refractivity contribution in [3.63, 3.8) is 0 Å². The molecule has 1 fully saturated rings. The number of amides is 2. The molecule has 132 valence electrons. The molecule has 6 nitrogen and oxygen atoms in total. The van der Waals surface area contributed by atoms with E-state index < -0.39 is 18.0 Å². The summed E-state index contributed by atoms with van der Waals surface area (Å²) >= 11 is 5.99. The van der Waals surface area contributed by atoms with Gasteiger partial charge in [-0.3, -0.25) is 14.5 Å². The first kappa shape index (κ1) is 18.5. The van der Waals surface area contributed by atoms with Crippen molar-refractivity contribution in [3.8, 4) is 5.75 Å². The van der Waals surface area contributed by atoms with Gasteiger partial charge in [0, 0.05) is 17.1 Å². The number of aromatic hydroxyl groups is 1. The molecule has 0 spiro atoms. The molecule has 2 rings (SSSR count). The van der Waals surface area contributed by atoms with Crippen molar-refractivity contribution >= 4 is 23.4 Å². The number of carbonyl (C=O) groups is 2. The van der Waals surface area contributed by atoms with E-state index in [1.54, 1.807) is 26.0 Å². The molecule has 1 saturated heterocycles. The number of likely N-dealkylation sites (tertiary alicyclic amines) is 1. The summed E-state index contributed by atoms with van der Waals surface area (Å²) in [5, 5.41) is 13.4. The first-order valence-electron chi connectivity index (χ1n) is 8.12. The van der Waals surface area contributed by atoms with Crippen molar-refractivity contribution in [1.29, 1.82) is 0 Å². The Labute approximate surface area is 147 Å². The van der Waals surface area contributed by atoms with Gasteiger partial charge < -0.3 is 16.2 Å². The van der Waals surface area contributed by atoms with Crippen LogP contribution in [0.5, 0.6) is 5.75 Å². The highest BCUT2D eigenvalue weighted by Gasteiger charge is 2.33. The summed E-state index contributed by atoms with van der Waals surface area (Å²) in [6.45, 7) is 4.36. The van der Waals surface area contributed by atoms with Gasteiger partial charge in [-0.2, -0.15) is 0 Å². The lowest BCUT2D eigenvalue weighted by molar-refractivity contribution is -0.132. The number of nitrogens with one attached hydrogen (secondary N) is 1. The number of piperidine rings is 1. The molecular formula is C17H24ClN3O3. The van der Waals surface area contributed by atoms with E-state index in [1.165, 1.54) is 0 Å². The fourth-order valence-corrected chi connectivity index (χ4v) is 3.44. The smallest absolute Gasteiger partial charge is 0.237 e. The van der Waals surface area contributed by atoms with Crippen LogP contribution < -0.4 is 11.1 Å². The van der Waals surface area contributed by atoms with Crippen LogP contribution in [0, 0.1) is 6.92 Å². The van der Waals surface area contributed by atoms with Crippen LogP contribution in [0.1, 0.15) is 37.3 Å². The Morgan fingerprint density at radius 1 is 1.46 bits per heavy atom. The standard InChI is InChI=1S/C17H24ClN3O3/c1-10-7-13(18)8-12(15(10)22)9-20-17(24)11(2)21-6-4-3-5-14(21)16(19)23/h7-8,11,14,22H,3-6,9H2,1-2H3,(H2,19,23)(H,20,24)/t11-,14?/m0/s1. The topological polar surface area (TPSA) is 95.7 Å². The number of carbonyl (C=O) groups excluding carboxylic acids is 2. The van der Waals surface area contributed by atoms with Crippen LogP contribution in [0.15, 0.2) is 12.1 Å². The minimum absolute atomic E-state index is 0.125. The fourth-order valence-electron chi connectivity index (χ4n) is 3.14. The van der Waals surface area contributed by atoms with Crippen LogP contribution >= 0.6 is 11.6 Å². The molecule has 1 aliphatic heterocycles. The third-order valence-corrected chi connectivity index (χ3v) is 4.77. The van der Waals surface area contributed by atoms with E-state index in [4.69, 9.17) is 17.3 Å². The van der Waals surface area contributed by atoms with Crippen LogP contribution in [-0.2, 0) is 16.1 Å². The number of hydrogen-bond acceptors (Lipinski definition) is 4. The quantitative estimate of drug-likeness (QED) is 0.750. The molecule has 0 radical (unpaired) electrons. The number of benzene rings is 1. The molecule has 0 aliphatic carbocycles. The molecule has 7 heteroatoms. The van der Waals surface area contributed by atoms with Gasteiger partial charge in [-0.05, 0) is 50.9 Å². The fraction of sp³-hybridized carbons (Fsp3) is 0.529. The highest BCUT2D eigenvalue weighted by Crippen LogP contribution is 2.26. The minimum Gasteiger partial charge on any atom is -0.507 e. The van der Waals surface area contributed by atoms with E-state index in [0.717, 1.165) is 12.8 Å². The Hall–Kier alpha value is -1.79. The molecule has 0 saturated carbocycles. The zero-order chi connectivity index (χ0) is 17.9. The van der Waals surface area contributed by atoms with Crippen molar-refractivity contribution in [2.45, 2.75) is 51.7 Å². The Morgan fingerprint density at radius 3 is 2.83 bits per heavy atom. The highest BCUT2D eigenvalue weighted by atomic mass is 35.5. The molecule has 0 aromatic heterocycles. The molecule has 2 amide bonds. The van der Waals surface area contributed by atoms with E-state index in [0.29, 0.717) is 29.1 Å². The van der Waals surface area contributed by atoms with Gasteiger partial charge in [0.15, 0.2) is 0 Å². The molecule has 1 aromatic rings. The van der Waals surface area contributed by atoms with E-state index >= 15 is 0 Å². The van der Waals surface area contributed by atoms with Gasteiger partial charge >= 0.3 is 0 Å². The number of nitrogens with two attached hydrogens (primary N) is 1. The van der Waals surface area contributed by atoms with Gasteiger partial charge in [0.05, 0.1) is 12.1 Å². The van der Waals surface area contributed by atoms with Crippen molar-refractivity contribution in [1.82, 2.24) is 10.2 Å². The number of hydrogen-bond donors (Lipinski definition) is 3. The molecule has 24 heavy (non-hydrogen) atoms. The van der Waals surface area contributed by atoms with Gasteiger partial charge in [0.25, 0.3) is 0 Å². The maximum Gasteiger partial charge on any atom is 0.237 e. The zero-order valence-electron chi connectivity index (χ0n) is 14.0. The summed E-state index contributed by atoms with van der Waals surface area (Å²) < 4.78 is 0. The van der Waals surface area contributed by atoms with E-state index in [1.807, 2.05) is 4.90 Å². The lowest BCUT2D eigenvalue weighted by Crippen LogP contribution is -2.55. The van der Waals surface area contributed by atoms with Crippen LogP contribution in [0.4, 0.5) is 0 Å². The van der Waals surface area contributed by atoms with Crippen molar-refractivity contribution in [3.05, 3.63) is 28.3 Å². The monoisotopic (exact) mass is 353 g/mol. The Bertz CT molecular complexity index is 636. The predicted molar refractivity (Wildman–Crippen MR) is 92.7 cm³/mol. The predicted octanol–water partition coefficient (Wildman–Crippen LogP) is 1.70. The van der Waals surface area contributed by atoms with E-state index in [9.17, 15) is 14.7 Å². The number of halogens is 1. The SMILES string of the molecule is Cc1cc(Cl)cc(CNC(=O)[C@H](C)N2CCCCC2C(N)=O)c1O. The zero-order valence-corrected chi connectivity index (χ0v) is 14.8. The number of phenols is 1. The second kappa shape index (κ2) is 7.85. The number of phenolic OH excluding ortho intramolecular Hbond substituents is 1. The molecule has 0 bridgehead atoms. The summed E-state index contributed by atoms with van der Waals surface area (Å²) in [6.07, 6.45) is 2.56. The maximum absolute atomic E-state index is 12.4. The summed E-state index contributed by atoms with van der Waals surface area (Å²) in [4.78, 5) is 25.9. The molecular weight excluding hydrogens is 330 g/mol. The summed E-state index contributed by atoms with van der Waals surface area (Å²) in [5.41, 5.74) is 6.67. The lowest BCUT2D eigenvalue weighted by atomic mass is 9.99. The lowest BCUT2D eigenvalue weighted by Gasteiger charge is -2.37. The number of primary amides is 1. The van der Waals surface area contributed by atoms with Gasteiger partial charge in [-0.15, -0.1) is 0 Å². The second-order valence-electron chi connectivity index (χ2n) is 6.28. The van der Waals surface area contributed by atoms with Gasteiger partial charge in [0.1, 0.15) is 5.75 Å². The van der Waals surface area contributed by atoms with Crippen LogP contribution in [0.2, 0.25) is 5.02 Å². The van der Waals surface area contributed by atoms with Gasteiger partial charge in [-0.1, -0.05) is 18.0 Å². The maximum atomic E-state index is 12.4. The number of nitrogens with zero attached hydrogens (tertiary/aromatic N) is 1. The van der Waals surface area contributed by atoms with Crippen molar-refractivity contribution in [2.24, 2.45) is 5.73 Å². The van der Waals surface area contributed by atoms with Crippen LogP contribution in [0.3, 0.4) is 0 Å². The molecule has 1 aliphatic rings.